The van der Waals surface area contributed by atoms with Crippen molar-refractivity contribution in [3.8, 4) is 0 Å². The van der Waals surface area contributed by atoms with Crippen molar-refractivity contribution in [2.75, 3.05) is 19.7 Å². The lowest BCUT2D eigenvalue weighted by Crippen LogP contribution is -2.33. The van der Waals surface area contributed by atoms with Crippen LogP contribution in [-0.2, 0) is 11.3 Å². The van der Waals surface area contributed by atoms with Crippen molar-refractivity contribution >= 4 is 6.09 Å². The quantitative estimate of drug-likeness (QED) is 0.933. The Bertz CT molecular complexity index is 478. The predicted molar refractivity (Wildman–Crippen MR) is 68.3 cm³/mol. The van der Waals surface area contributed by atoms with Crippen molar-refractivity contribution in [2.45, 2.75) is 12.8 Å². The van der Waals surface area contributed by atoms with Gasteiger partial charge in [-0.2, -0.15) is 13.2 Å². The maximum Gasteiger partial charge on any atom is 0.410 e. The molecule has 1 aliphatic rings. The highest BCUT2D eigenvalue weighted by Crippen LogP contribution is 2.37. The molecule has 0 bridgehead atoms. The van der Waals surface area contributed by atoms with Crippen LogP contribution in [0.4, 0.5) is 18.0 Å². The summed E-state index contributed by atoms with van der Waals surface area (Å²) in [5, 5.41) is 9.03. The molecule has 1 N–H and O–H groups in total. The number of benzene rings is 1. The predicted octanol–water partition coefficient (Wildman–Crippen LogP) is 2.43. The van der Waals surface area contributed by atoms with Gasteiger partial charge in [0.2, 0.25) is 0 Å². The standard InChI is InChI=1S/C14H16F3NO3/c15-14(16,17)12-7-18(6-11(12)8-19)13(20)21-9-10-4-2-1-3-5-10/h1-5,11-12,19H,6-9H2/t11-,12+/m0/s1. The zero-order valence-electron chi connectivity index (χ0n) is 11.2. The minimum Gasteiger partial charge on any atom is -0.445 e. The number of carbonyl (C=O) groups is 1. The van der Waals surface area contributed by atoms with Crippen LogP contribution in [0, 0.1) is 11.8 Å². The summed E-state index contributed by atoms with van der Waals surface area (Å²) in [6, 6.07) is 8.88. The smallest absolute Gasteiger partial charge is 0.410 e. The highest BCUT2D eigenvalue weighted by Gasteiger charge is 2.50. The Morgan fingerprint density at radius 3 is 2.48 bits per heavy atom. The molecule has 1 aliphatic heterocycles. The van der Waals surface area contributed by atoms with Gasteiger partial charge in [0.05, 0.1) is 5.92 Å². The fourth-order valence-corrected chi connectivity index (χ4v) is 2.39. The van der Waals surface area contributed by atoms with E-state index in [0.29, 0.717) is 0 Å². The van der Waals surface area contributed by atoms with Gasteiger partial charge in [0.15, 0.2) is 0 Å². The van der Waals surface area contributed by atoms with Crippen LogP contribution in [0.3, 0.4) is 0 Å². The molecule has 1 heterocycles. The molecule has 1 aromatic carbocycles. The van der Waals surface area contributed by atoms with Crippen molar-refractivity contribution in [3.05, 3.63) is 35.9 Å². The lowest BCUT2D eigenvalue weighted by molar-refractivity contribution is -0.182. The molecule has 4 nitrogen and oxygen atoms in total. The first-order valence-electron chi connectivity index (χ1n) is 6.55. The van der Waals surface area contributed by atoms with Gasteiger partial charge in [0, 0.05) is 25.6 Å². The number of alkyl halides is 3. The van der Waals surface area contributed by atoms with Gasteiger partial charge < -0.3 is 14.7 Å². The van der Waals surface area contributed by atoms with Gasteiger partial charge in [-0.3, -0.25) is 0 Å². The van der Waals surface area contributed by atoms with Crippen molar-refractivity contribution in [3.63, 3.8) is 0 Å². The SMILES string of the molecule is O=C(OCc1ccccc1)N1C[C@@H](CO)[C@H](C(F)(F)F)C1. The summed E-state index contributed by atoms with van der Waals surface area (Å²) in [5.74, 6) is -2.69. The molecule has 116 valence electrons. The van der Waals surface area contributed by atoms with E-state index < -0.39 is 37.3 Å². The lowest BCUT2D eigenvalue weighted by atomic mass is 9.97. The molecule has 1 amide bonds. The molecule has 7 heteroatoms. The van der Waals surface area contributed by atoms with Crippen LogP contribution in [0.15, 0.2) is 30.3 Å². The van der Waals surface area contributed by atoms with Crippen LogP contribution in [0.25, 0.3) is 0 Å². The van der Waals surface area contributed by atoms with E-state index in [4.69, 9.17) is 9.84 Å². The normalized spacial score (nSPS) is 22.4. The van der Waals surface area contributed by atoms with Gasteiger partial charge in [-0.25, -0.2) is 4.79 Å². The molecule has 0 aliphatic carbocycles. The van der Waals surface area contributed by atoms with E-state index in [1.54, 1.807) is 24.3 Å². The summed E-state index contributed by atoms with van der Waals surface area (Å²) in [7, 11) is 0. The van der Waals surface area contributed by atoms with Crippen LogP contribution >= 0.6 is 0 Å². The first kappa shape index (κ1) is 15.6. The zero-order valence-corrected chi connectivity index (χ0v) is 11.2. The fraction of sp³-hybridized carbons (Fsp3) is 0.500. The topological polar surface area (TPSA) is 49.8 Å². The molecule has 2 atom stereocenters. The van der Waals surface area contributed by atoms with Crippen LogP contribution < -0.4 is 0 Å². The van der Waals surface area contributed by atoms with Gasteiger partial charge in [0.25, 0.3) is 0 Å². The maximum atomic E-state index is 12.8. The van der Waals surface area contributed by atoms with E-state index in [1.807, 2.05) is 6.07 Å². The third-order valence-corrected chi connectivity index (χ3v) is 3.56. The summed E-state index contributed by atoms with van der Waals surface area (Å²) in [5.41, 5.74) is 0.760. The zero-order chi connectivity index (χ0) is 15.5. The Morgan fingerprint density at radius 1 is 1.29 bits per heavy atom. The van der Waals surface area contributed by atoms with Gasteiger partial charge in [-0.1, -0.05) is 30.3 Å². The molecule has 0 saturated carbocycles. The van der Waals surface area contributed by atoms with Crippen molar-refractivity contribution in [1.29, 1.82) is 0 Å². The number of aliphatic hydroxyl groups excluding tert-OH is 1. The van der Waals surface area contributed by atoms with Gasteiger partial charge in [-0.15, -0.1) is 0 Å². The number of hydrogen-bond donors (Lipinski definition) is 1. The number of nitrogens with zero attached hydrogens (tertiary/aromatic N) is 1. The number of rotatable bonds is 3. The Hall–Kier alpha value is -1.76. The van der Waals surface area contributed by atoms with Crippen LogP contribution in [-0.4, -0.2) is 42.0 Å². The van der Waals surface area contributed by atoms with Crippen LogP contribution in [0.1, 0.15) is 5.56 Å². The largest absolute Gasteiger partial charge is 0.445 e. The lowest BCUT2D eigenvalue weighted by Gasteiger charge is -2.19. The van der Waals surface area contributed by atoms with Crippen molar-refractivity contribution in [1.82, 2.24) is 4.90 Å². The molecule has 0 unspecified atom stereocenters. The number of likely N-dealkylation sites (tertiary alicyclic amines) is 1. The number of halogens is 3. The van der Waals surface area contributed by atoms with Crippen LogP contribution in [0.5, 0.6) is 0 Å². The molecule has 1 fully saturated rings. The minimum absolute atomic E-state index is 0.0106. The van der Waals surface area contributed by atoms with E-state index in [-0.39, 0.29) is 13.2 Å². The number of amides is 1. The third kappa shape index (κ3) is 3.87. The second kappa shape index (κ2) is 6.34. The highest BCUT2D eigenvalue weighted by atomic mass is 19.4. The molecule has 0 aromatic heterocycles. The molecule has 1 saturated heterocycles. The summed E-state index contributed by atoms with van der Waals surface area (Å²) in [6.45, 7) is -1.21. The van der Waals surface area contributed by atoms with E-state index >= 15 is 0 Å². The second-order valence-corrected chi connectivity index (χ2v) is 5.04. The number of hydrogen-bond acceptors (Lipinski definition) is 3. The second-order valence-electron chi connectivity index (χ2n) is 5.04. The maximum absolute atomic E-state index is 12.8. The highest BCUT2D eigenvalue weighted by molar-refractivity contribution is 5.68. The first-order chi connectivity index (χ1) is 9.91. The number of carbonyl (C=O) groups excluding carboxylic acids is 1. The number of ether oxygens (including phenoxy) is 1. The molecular formula is C14H16F3NO3. The summed E-state index contributed by atoms with van der Waals surface area (Å²) in [6.07, 6.45) is -5.22. The molecule has 2 rings (SSSR count). The monoisotopic (exact) mass is 303 g/mol. The van der Waals surface area contributed by atoms with Gasteiger partial charge >= 0.3 is 12.3 Å². The summed E-state index contributed by atoms with van der Waals surface area (Å²) in [4.78, 5) is 12.8. The Kier molecular flexibility index (Phi) is 4.72. The first-order valence-corrected chi connectivity index (χ1v) is 6.55. The Labute approximate surface area is 120 Å². The van der Waals surface area contributed by atoms with Crippen LogP contribution in [0.2, 0.25) is 0 Å². The molecule has 0 radical (unpaired) electrons. The molecule has 1 aromatic rings. The van der Waals surface area contributed by atoms with Gasteiger partial charge in [0.1, 0.15) is 6.61 Å². The van der Waals surface area contributed by atoms with E-state index in [2.05, 4.69) is 0 Å². The number of aliphatic hydroxyl groups is 1. The minimum atomic E-state index is -4.43. The van der Waals surface area contributed by atoms with Crippen molar-refractivity contribution < 1.29 is 27.8 Å². The summed E-state index contributed by atoms with van der Waals surface area (Å²) < 4.78 is 43.4. The van der Waals surface area contributed by atoms with Crippen molar-refractivity contribution in [2.24, 2.45) is 11.8 Å². The Balaban J connectivity index is 1.92. The molecule has 0 spiro atoms. The average Bonchev–Trinajstić information content (AvgIpc) is 2.90. The van der Waals surface area contributed by atoms with E-state index in [1.165, 1.54) is 0 Å². The molecule has 21 heavy (non-hydrogen) atoms. The van der Waals surface area contributed by atoms with E-state index in [9.17, 15) is 18.0 Å². The fourth-order valence-electron chi connectivity index (χ4n) is 2.39. The Morgan fingerprint density at radius 2 is 1.95 bits per heavy atom. The molecular weight excluding hydrogens is 287 g/mol. The van der Waals surface area contributed by atoms with E-state index in [0.717, 1.165) is 10.5 Å². The average molecular weight is 303 g/mol. The third-order valence-electron chi connectivity index (χ3n) is 3.56. The van der Waals surface area contributed by atoms with Gasteiger partial charge in [-0.05, 0) is 5.56 Å². The summed E-state index contributed by atoms with van der Waals surface area (Å²) >= 11 is 0.